The van der Waals surface area contributed by atoms with Gasteiger partial charge in [-0.05, 0) is 17.7 Å². The third-order valence-corrected chi connectivity index (χ3v) is 2.39. The van der Waals surface area contributed by atoms with Gasteiger partial charge in [-0.15, -0.1) is 0 Å². The number of hydrogen-bond donors (Lipinski definition) is 1. The van der Waals surface area contributed by atoms with E-state index < -0.39 is 5.97 Å². The smallest absolute Gasteiger partial charge is 0.358 e. The van der Waals surface area contributed by atoms with Gasteiger partial charge in [0.2, 0.25) is 0 Å². The van der Waals surface area contributed by atoms with Gasteiger partial charge < -0.3 is 10.1 Å². The summed E-state index contributed by atoms with van der Waals surface area (Å²) in [6.45, 7) is 0.386. The lowest BCUT2D eigenvalue weighted by atomic mass is 10.2. The highest BCUT2D eigenvalue weighted by molar-refractivity contribution is 5.87. The monoisotopic (exact) mass is 261 g/mol. The molecule has 19 heavy (non-hydrogen) atoms. The summed E-state index contributed by atoms with van der Waals surface area (Å²) in [5.74, 6) is -0.428. The molecule has 1 N–H and O–H groups in total. The maximum absolute atomic E-state index is 13.0. The van der Waals surface area contributed by atoms with Gasteiger partial charge in [0.05, 0.1) is 19.5 Å². The Hall–Kier alpha value is -2.50. The summed E-state index contributed by atoms with van der Waals surface area (Å²) in [4.78, 5) is 19.2. The molecule has 0 saturated heterocycles. The first-order chi connectivity index (χ1) is 9.19. The van der Waals surface area contributed by atoms with Crippen LogP contribution in [-0.2, 0) is 11.3 Å². The number of benzene rings is 1. The van der Waals surface area contributed by atoms with E-state index in [4.69, 9.17) is 0 Å². The fraction of sp³-hybridized carbons (Fsp3) is 0.154. The Morgan fingerprint density at radius 3 is 3.00 bits per heavy atom. The van der Waals surface area contributed by atoms with Crippen molar-refractivity contribution in [2.75, 3.05) is 12.4 Å². The van der Waals surface area contributed by atoms with Gasteiger partial charge in [0, 0.05) is 6.54 Å². The van der Waals surface area contributed by atoms with Crippen LogP contribution in [0.3, 0.4) is 0 Å². The molecule has 98 valence electrons. The number of aromatic nitrogens is 2. The number of hydrogen-bond acceptors (Lipinski definition) is 5. The highest BCUT2D eigenvalue weighted by atomic mass is 19.1. The number of anilines is 1. The van der Waals surface area contributed by atoms with E-state index in [1.165, 1.54) is 31.6 Å². The fourth-order valence-electron chi connectivity index (χ4n) is 1.49. The first-order valence-electron chi connectivity index (χ1n) is 5.57. The van der Waals surface area contributed by atoms with Crippen LogP contribution < -0.4 is 5.32 Å². The van der Waals surface area contributed by atoms with Crippen LogP contribution in [0.25, 0.3) is 0 Å². The number of nitrogens with one attached hydrogen (secondary N) is 1. The molecule has 0 radical (unpaired) electrons. The lowest BCUT2D eigenvalue weighted by Gasteiger charge is -2.06. The SMILES string of the molecule is COC(=O)c1cncc(NCc2cccc(F)c2)n1. The molecule has 2 rings (SSSR count). The number of nitrogens with zero attached hydrogens (tertiary/aromatic N) is 2. The molecule has 0 saturated carbocycles. The Balaban J connectivity index is 2.05. The maximum Gasteiger partial charge on any atom is 0.358 e. The van der Waals surface area contributed by atoms with Crippen molar-refractivity contribution in [2.24, 2.45) is 0 Å². The Bertz CT molecular complexity index is 590. The minimum absolute atomic E-state index is 0.117. The summed E-state index contributed by atoms with van der Waals surface area (Å²) in [7, 11) is 1.27. The van der Waals surface area contributed by atoms with Gasteiger partial charge in [-0.2, -0.15) is 0 Å². The van der Waals surface area contributed by atoms with Gasteiger partial charge >= 0.3 is 5.97 Å². The largest absolute Gasteiger partial charge is 0.464 e. The number of carbonyl (C=O) groups is 1. The van der Waals surface area contributed by atoms with Crippen LogP contribution in [0.1, 0.15) is 16.1 Å². The van der Waals surface area contributed by atoms with E-state index in [1.54, 1.807) is 12.1 Å². The predicted molar refractivity (Wildman–Crippen MR) is 67.1 cm³/mol. The first kappa shape index (κ1) is 12.9. The third-order valence-electron chi connectivity index (χ3n) is 2.39. The van der Waals surface area contributed by atoms with Crippen LogP contribution in [0.15, 0.2) is 36.7 Å². The van der Waals surface area contributed by atoms with Gasteiger partial charge in [-0.25, -0.2) is 14.2 Å². The molecule has 0 fully saturated rings. The van der Waals surface area contributed by atoms with Crippen molar-refractivity contribution >= 4 is 11.8 Å². The number of rotatable bonds is 4. The number of ether oxygens (including phenoxy) is 1. The van der Waals surface area contributed by atoms with E-state index >= 15 is 0 Å². The summed E-state index contributed by atoms with van der Waals surface area (Å²) in [5, 5.41) is 2.96. The van der Waals surface area contributed by atoms with Crippen molar-refractivity contribution in [3.05, 3.63) is 53.7 Å². The number of esters is 1. The lowest BCUT2D eigenvalue weighted by molar-refractivity contribution is 0.0593. The second kappa shape index (κ2) is 5.90. The molecule has 0 atom stereocenters. The van der Waals surface area contributed by atoms with Crippen LogP contribution >= 0.6 is 0 Å². The van der Waals surface area contributed by atoms with Crippen molar-refractivity contribution in [3.63, 3.8) is 0 Å². The normalized spacial score (nSPS) is 10.0. The van der Waals surface area contributed by atoms with E-state index in [9.17, 15) is 9.18 Å². The van der Waals surface area contributed by atoms with Crippen molar-refractivity contribution in [2.45, 2.75) is 6.54 Å². The minimum atomic E-state index is -0.554. The van der Waals surface area contributed by atoms with Crippen molar-refractivity contribution < 1.29 is 13.9 Å². The van der Waals surface area contributed by atoms with Crippen LogP contribution in [0.5, 0.6) is 0 Å². The van der Waals surface area contributed by atoms with Gasteiger partial charge in [0.1, 0.15) is 11.6 Å². The van der Waals surface area contributed by atoms with Gasteiger partial charge in [0.15, 0.2) is 5.69 Å². The molecule has 0 bridgehead atoms. The zero-order valence-corrected chi connectivity index (χ0v) is 10.3. The molecule has 0 aliphatic carbocycles. The predicted octanol–water partition coefficient (Wildman–Crippen LogP) is 2.01. The third kappa shape index (κ3) is 3.48. The van der Waals surface area contributed by atoms with Crippen molar-refractivity contribution in [3.8, 4) is 0 Å². The highest BCUT2D eigenvalue weighted by Crippen LogP contribution is 2.08. The molecule has 6 heteroatoms. The summed E-state index contributed by atoms with van der Waals surface area (Å²) in [6.07, 6.45) is 2.80. The zero-order valence-electron chi connectivity index (χ0n) is 10.3. The second-order valence-electron chi connectivity index (χ2n) is 3.76. The van der Waals surface area contributed by atoms with Crippen LogP contribution in [-0.4, -0.2) is 23.0 Å². The summed E-state index contributed by atoms with van der Waals surface area (Å²) in [5.41, 5.74) is 0.886. The maximum atomic E-state index is 13.0. The van der Waals surface area contributed by atoms with Gasteiger partial charge in [0.25, 0.3) is 0 Å². The Labute approximate surface area is 109 Å². The standard InChI is InChI=1S/C13H12FN3O2/c1-19-13(18)11-7-15-8-12(17-11)16-6-9-3-2-4-10(14)5-9/h2-5,7-8H,6H2,1H3,(H,16,17). The Kier molecular flexibility index (Phi) is 4.02. The number of halogens is 1. The van der Waals surface area contributed by atoms with Gasteiger partial charge in [-0.3, -0.25) is 4.98 Å². The van der Waals surface area contributed by atoms with E-state index in [2.05, 4.69) is 20.0 Å². The second-order valence-corrected chi connectivity index (χ2v) is 3.76. The number of carbonyl (C=O) groups excluding carboxylic acids is 1. The zero-order chi connectivity index (χ0) is 13.7. The Morgan fingerprint density at radius 1 is 1.42 bits per heavy atom. The molecular formula is C13H12FN3O2. The molecule has 0 aliphatic heterocycles. The molecule has 0 amide bonds. The fourth-order valence-corrected chi connectivity index (χ4v) is 1.49. The average molecular weight is 261 g/mol. The quantitative estimate of drug-likeness (QED) is 0.853. The Morgan fingerprint density at radius 2 is 2.26 bits per heavy atom. The van der Waals surface area contributed by atoms with Gasteiger partial charge in [-0.1, -0.05) is 12.1 Å². The van der Waals surface area contributed by atoms with E-state index in [0.717, 1.165) is 5.56 Å². The summed E-state index contributed by atoms with van der Waals surface area (Å²) < 4.78 is 17.5. The first-order valence-corrected chi connectivity index (χ1v) is 5.57. The molecule has 1 heterocycles. The molecule has 1 aromatic heterocycles. The van der Waals surface area contributed by atoms with Crippen molar-refractivity contribution in [1.29, 1.82) is 0 Å². The van der Waals surface area contributed by atoms with Crippen LogP contribution in [0.4, 0.5) is 10.2 Å². The lowest BCUT2D eigenvalue weighted by Crippen LogP contribution is -2.08. The van der Waals surface area contributed by atoms with E-state index in [0.29, 0.717) is 12.4 Å². The highest BCUT2D eigenvalue weighted by Gasteiger charge is 2.08. The topological polar surface area (TPSA) is 64.1 Å². The average Bonchev–Trinajstić information content (AvgIpc) is 2.45. The molecule has 0 spiro atoms. The molecule has 5 nitrogen and oxygen atoms in total. The summed E-state index contributed by atoms with van der Waals surface area (Å²) >= 11 is 0. The van der Waals surface area contributed by atoms with Crippen LogP contribution in [0.2, 0.25) is 0 Å². The van der Waals surface area contributed by atoms with Crippen LogP contribution in [0, 0.1) is 5.82 Å². The molecule has 2 aromatic rings. The van der Waals surface area contributed by atoms with Crippen molar-refractivity contribution in [1.82, 2.24) is 9.97 Å². The van der Waals surface area contributed by atoms with E-state index in [-0.39, 0.29) is 11.5 Å². The molecule has 0 unspecified atom stereocenters. The molecule has 1 aromatic carbocycles. The van der Waals surface area contributed by atoms with E-state index in [1.807, 2.05) is 0 Å². The molecular weight excluding hydrogens is 249 g/mol. The minimum Gasteiger partial charge on any atom is -0.464 e. The number of methoxy groups -OCH3 is 1. The summed E-state index contributed by atoms with van der Waals surface area (Å²) in [6, 6.07) is 6.21. The molecule has 0 aliphatic rings.